The zero-order valence-electron chi connectivity index (χ0n) is 18.0. The summed E-state index contributed by atoms with van der Waals surface area (Å²) in [5, 5.41) is 19.5. The number of likely N-dealkylation sites (N-methyl/N-ethyl adjacent to an activating group) is 1. The molecule has 0 spiro atoms. The van der Waals surface area contributed by atoms with Crippen LogP contribution in [0.15, 0.2) is 36.4 Å². The molecule has 162 valence electrons. The molecule has 8 heteroatoms. The van der Waals surface area contributed by atoms with E-state index >= 15 is 0 Å². The van der Waals surface area contributed by atoms with Gasteiger partial charge in [0.25, 0.3) is 0 Å². The Morgan fingerprint density at radius 2 is 2.03 bits per heavy atom. The highest BCUT2D eigenvalue weighted by Gasteiger charge is 2.27. The van der Waals surface area contributed by atoms with Crippen molar-refractivity contribution in [2.24, 2.45) is 0 Å². The minimum Gasteiger partial charge on any atom is -0.493 e. The predicted molar refractivity (Wildman–Crippen MR) is 117 cm³/mol. The van der Waals surface area contributed by atoms with Gasteiger partial charge in [0.05, 0.1) is 17.7 Å². The minimum absolute atomic E-state index is 0.122. The molecule has 2 heterocycles. The standard InChI is InChI=1S/C23H26N4O4/c1-4-26-10-9-19-18(13-26)22(25-24-19)17-11-20(27(28)29)23(21(12-17)30-3)31-14-16-7-5-15(2)6-8-16/h5-8,11-12H,4,9-10,13-14H2,1-3H3,(H,24,25). The number of nitro benzene ring substituents is 1. The highest BCUT2D eigenvalue weighted by Crippen LogP contribution is 2.42. The van der Waals surface area contributed by atoms with Gasteiger partial charge in [-0.2, -0.15) is 5.10 Å². The van der Waals surface area contributed by atoms with Crippen LogP contribution in [0.25, 0.3) is 11.3 Å². The molecule has 0 saturated carbocycles. The zero-order chi connectivity index (χ0) is 22.0. The van der Waals surface area contributed by atoms with Gasteiger partial charge in [-0.1, -0.05) is 36.8 Å². The first-order valence-electron chi connectivity index (χ1n) is 10.3. The summed E-state index contributed by atoms with van der Waals surface area (Å²) in [4.78, 5) is 13.8. The zero-order valence-corrected chi connectivity index (χ0v) is 18.0. The van der Waals surface area contributed by atoms with Crippen molar-refractivity contribution in [1.29, 1.82) is 0 Å². The van der Waals surface area contributed by atoms with E-state index in [4.69, 9.17) is 9.47 Å². The van der Waals surface area contributed by atoms with Gasteiger partial charge in [0, 0.05) is 42.4 Å². The van der Waals surface area contributed by atoms with E-state index < -0.39 is 4.92 Å². The van der Waals surface area contributed by atoms with Gasteiger partial charge in [-0.25, -0.2) is 0 Å². The molecular formula is C23H26N4O4. The Bertz CT molecular complexity index is 1090. The molecule has 0 aliphatic carbocycles. The fourth-order valence-corrected chi connectivity index (χ4v) is 3.86. The van der Waals surface area contributed by atoms with E-state index in [2.05, 4.69) is 22.0 Å². The molecule has 0 bridgehead atoms. The van der Waals surface area contributed by atoms with Crippen molar-refractivity contribution in [3.63, 3.8) is 0 Å². The number of aryl methyl sites for hydroxylation is 1. The van der Waals surface area contributed by atoms with Crippen molar-refractivity contribution in [1.82, 2.24) is 15.1 Å². The van der Waals surface area contributed by atoms with Gasteiger partial charge in [0.1, 0.15) is 6.61 Å². The quantitative estimate of drug-likeness (QED) is 0.452. The molecule has 1 aromatic heterocycles. The lowest BCUT2D eigenvalue weighted by Crippen LogP contribution is -2.30. The molecule has 31 heavy (non-hydrogen) atoms. The summed E-state index contributed by atoms with van der Waals surface area (Å²) in [6, 6.07) is 11.1. The second-order valence-corrected chi connectivity index (χ2v) is 7.71. The third-order valence-electron chi connectivity index (χ3n) is 5.69. The van der Waals surface area contributed by atoms with E-state index in [1.807, 2.05) is 31.2 Å². The molecule has 0 radical (unpaired) electrons. The van der Waals surface area contributed by atoms with Gasteiger partial charge in [0.15, 0.2) is 5.75 Å². The summed E-state index contributed by atoms with van der Waals surface area (Å²) in [5.74, 6) is 0.438. The number of hydrogen-bond donors (Lipinski definition) is 1. The Morgan fingerprint density at radius 3 is 2.71 bits per heavy atom. The highest BCUT2D eigenvalue weighted by molar-refractivity contribution is 5.73. The molecule has 2 aromatic carbocycles. The third-order valence-corrected chi connectivity index (χ3v) is 5.69. The molecule has 1 aliphatic rings. The molecule has 0 fully saturated rings. The Hall–Kier alpha value is -3.39. The van der Waals surface area contributed by atoms with Crippen molar-refractivity contribution < 1.29 is 14.4 Å². The van der Waals surface area contributed by atoms with Crippen LogP contribution >= 0.6 is 0 Å². The third kappa shape index (κ3) is 4.25. The first kappa shape index (κ1) is 20.9. The maximum absolute atomic E-state index is 11.9. The second kappa shape index (κ2) is 8.77. The molecule has 0 unspecified atom stereocenters. The Kier molecular flexibility index (Phi) is 5.90. The smallest absolute Gasteiger partial charge is 0.315 e. The largest absolute Gasteiger partial charge is 0.493 e. The molecule has 1 aliphatic heterocycles. The topological polar surface area (TPSA) is 93.5 Å². The number of aromatic amines is 1. The number of aromatic nitrogens is 2. The van der Waals surface area contributed by atoms with Gasteiger partial charge in [-0.15, -0.1) is 0 Å². The van der Waals surface area contributed by atoms with E-state index in [-0.39, 0.29) is 18.0 Å². The summed E-state index contributed by atoms with van der Waals surface area (Å²) in [7, 11) is 1.49. The van der Waals surface area contributed by atoms with E-state index in [9.17, 15) is 10.1 Å². The Labute approximate surface area is 180 Å². The first-order chi connectivity index (χ1) is 15.0. The molecule has 0 atom stereocenters. The van der Waals surface area contributed by atoms with Crippen molar-refractivity contribution in [2.45, 2.75) is 33.4 Å². The molecule has 3 aromatic rings. The number of methoxy groups -OCH3 is 1. The number of nitro groups is 1. The van der Waals surface area contributed by atoms with E-state index in [1.54, 1.807) is 6.07 Å². The summed E-state index contributed by atoms with van der Waals surface area (Å²) >= 11 is 0. The predicted octanol–water partition coefficient (Wildman–Crippen LogP) is 4.26. The molecule has 8 nitrogen and oxygen atoms in total. The van der Waals surface area contributed by atoms with Crippen LogP contribution in [0.4, 0.5) is 5.69 Å². The second-order valence-electron chi connectivity index (χ2n) is 7.71. The van der Waals surface area contributed by atoms with Crippen LogP contribution in [0.3, 0.4) is 0 Å². The summed E-state index contributed by atoms with van der Waals surface area (Å²) < 4.78 is 11.4. The van der Waals surface area contributed by atoms with Crippen LogP contribution in [0.1, 0.15) is 29.3 Å². The van der Waals surface area contributed by atoms with Crippen molar-refractivity contribution in [3.05, 3.63) is 68.9 Å². The van der Waals surface area contributed by atoms with E-state index in [0.29, 0.717) is 11.3 Å². The number of hydrogen-bond acceptors (Lipinski definition) is 6. The fourth-order valence-electron chi connectivity index (χ4n) is 3.86. The SMILES string of the molecule is CCN1CCc2[nH]nc(-c3cc(OC)c(OCc4ccc(C)cc4)c([N+](=O)[O-])c3)c2C1. The van der Waals surface area contributed by atoms with Crippen LogP contribution in [0.2, 0.25) is 0 Å². The normalized spacial score (nSPS) is 13.6. The maximum atomic E-state index is 11.9. The fraction of sp³-hybridized carbons (Fsp3) is 0.348. The number of nitrogens with one attached hydrogen (secondary N) is 1. The van der Waals surface area contributed by atoms with Crippen molar-refractivity contribution >= 4 is 5.69 Å². The number of fused-ring (bicyclic) bond motifs is 1. The Morgan fingerprint density at radius 1 is 1.26 bits per heavy atom. The monoisotopic (exact) mass is 422 g/mol. The molecule has 0 saturated heterocycles. The van der Waals surface area contributed by atoms with Crippen LogP contribution in [0, 0.1) is 17.0 Å². The summed E-state index contributed by atoms with van der Waals surface area (Å²) in [5.41, 5.74) is 5.45. The van der Waals surface area contributed by atoms with Crippen molar-refractivity contribution in [3.8, 4) is 22.8 Å². The number of rotatable bonds is 7. The highest BCUT2D eigenvalue weighted by atomic mass is 16.6. The number of H-pyrrole nitrogens is 1. The Balaban J connectivity index is 1.70. The lowest BCUT2D eigenvalue weighted by molar-refractivity contribution is -0.386. The van der Waals surface area contributed by atoms with Gasteiger partial charge < -0.3 is 9.47 Å². The average Bonchev–Trinajstić information content (AvgIpc) is 3.21. The van der Waals surface area contributed by atoms with Crippen LogP contribution in [-0.2, 0) is 19.6 Å². The maximum Gasteiger partial charge on any atom is 0.315 e. The lowest BCUT2D eigenvalue weighted by atomic mass is 10.00. The van der Waals surface area contributed by atoms with Gasteiger partial charge in [-0.3, -0.25) is 20.1 Å². The number of nitrogens with zero attached hydrogens (tertiary/aromatic N) is 3. The molecule has 1 N–H and O–H groups in total. The van der Waals surface area contributed by atoms with Crippen LogP contribution < -0.4 is 9.47 Å². The lowest BCUT2D eigenvalue weighted by Gasteiger charge is -2.25. The molecule has 0 amide bonds. The van der Waals surface area contributed by atoms with Crippen LogP contribution in [-0.4, -0.2) is 40.2 Å². The van der Waals surface area contributed by atoms with E-state index in [0.717, 1.165) is 54.1 Å². The van der Waals surface area contributed by atoms with Gasteiger partial charge >= 0.3 is 5.69 Å². The number of ether oxygens (including phenoxy) is 2. The first-order valence-corrected chi connectivity index (χ1v) is 10.3. The average molecular weight is 422 g/mol. The van der Waals surface area contributed by atoms with Crippen molar-refractivity contribution in [2.75, 3.05) is 20.2 Å². The molecule has 4 rings (SSSR count). The summed E-state index contributed by atoms with van der Waals surface area (Å²) in [6.07, 6.45) is 0.882. The van der Waals surface area contributed by atoms with Crippen LogP contribution in [0.5, 0.6) is 11.5 Å². The minimum atomic E-state index is -0.437. The summed E-state index contributed by atoms with van der Waals surface area (Å²) in [6.45, 7) is 7.02. The van der Waals surface area contributed by atoms with Gasteiger partial charge in [-0.05, 0) is 25.1 Å². The number of benzene rings is 2. The van der Waals surface area contributed by atoms with Gasteiger partial charge in [0.2, 0.25) is 5.75 Å². The van der Waals surface area contributed by atoms with E-state index in [1.165, 1.54) is 13.2 Å². The molecular weight excluding hydrogens is 396 g/mol.